The summed E-state index contributed by atoms with van der Waals surface area (Å²) in [6.07, 6.45) is 0. The molecule has 0 aliphatic carbocycles. The lowest BCUT2D eigenvalue weighted by Crippen LogP contribution is -2.54. The normalized spacial score (nSPS) is 10.8. The summed E-state index contributed by atoms with van der Waals surface area (Å²) in [5.74, 6) is 0. The predicted molar refractivity (Wildman–Crippen MR) is 55.5 cm³/mol. The zero-order chi connectivity index (χ0) is 13.0. The Bertz CT molecular complexity index is 510. The Kier molecular flexibility index (Phi) is 4.37. The van der Waals surface area contributed by atoms with Crippen LogP contribution in [0.2, 0.25) is 0 Å². The molecule has 0 aliphatic heterocycles. The number of nitrogens with zero attached hydrogens (tertiary/aromatic N) is 3. The molecule has 0 spiro atoms. The van der Waals surface area contributed by atoms with Crippen molar-refractivity contribution >= 4 is 0 Å². The molecule has 0 unspecified atom stereocenters. The van der Waals surface area contributed by atoms with Gasteiger partial charge in [-0.3, -0.25) is 0 Å². The molecule has 9 nitrogen and oxygen atoms in total. The molecule has 0 radical (unpaired) electrons. The van der Waals surface area contributed by atoms with Gasteiger partial charge in [0.15, 0.2) is 0 Å². The molecular weight excluding hydrogens is 234 g/mol. The molecule has 0 bridgehead atoms. The summed E-state index contributed by atoms with van der Waals surface area (Å²) in [7, 11) is 2.59. The van der Waals surface area contributed by atoms with Crippen molar-refractivity contribution in [2.45, 2.75) is 20.2 Å². The van der Waals surface area contributed by atoms with Crippen LogP contribution in [0.3, 0.4) is 0 Å². The Morgan fingerprint density at radius 1 is 0.882 bits per heavy atom. The lowest BCUT2D eigenvalue weighted by molar-refractivity contribution is 0.0892. The maximum absolute atomic E-state index is 11.7. The first-order valence-corrected chi connectivity index (χ1v) is 4.61. The molecule has 1 aromatic heterocycles. The molecular formula is C8H13N3O6. The fourth-order valence-corrected chi connectivity index (χ4v) is 1.28. The molecule has 0 amide bonds. The highest BCUT2D eigenvalue weighted by Crippen LogP contribution is 1.77. The van der Waals surface area contributed by atoms with E-state index in [0.717, 1.165) is 0 Å². The second-order valence-electron chi connectivity index (χ2n) is 3.11. The highest BCUT2D eigenvalue weighted by molar-refractivity contribution is 4.76. The molecule has 0 fully saturated rings. The number of hydrogen-bond acceptors (Lipinski definition) is 6. The van der Waals surface area contributed by atoms with Gasteiger partial charge in [-0.2, -0.15) is 0 Å². The van der Waals surface area contributed by atoms with Crippen molar-refractivity contribution in [1.82, 2.24) is 13.7 Å². The summed E-state index contributed by atoms with van der Waals surface area (Å²) in [4.78, 5) is 35.0. The van der Waals surface area contributed by atoms with Crippen molar-refractivity contribution in [3.05, 3.63) is 31.5 Å². The number of aliphatic hydroxyl groups is 1. The van der Waals surface area contributed by atoms with E-state index in [4.69, 9.17) is 5.11 Å². The molecule has 9 heteroatoms. The largest absolute Gasteiger partial charge is 0.376 e. The van der Waals surface area contributed by atoms with E-state index >= 15 is 0 Å². The molecule has 1 rings (SSSR count). The summed E-state index contributed by atoms with van der Waals surface area (Å²) < 4.78 is 11.2. The standard InChI is InChI=1S/C8H13N3O6/c1-16-4-10-6(13)9(3-12)7(14)11(5-17-2)8(10)15/h12H,3-5H2,1-2H3. The highest BCUT2D eigenvalue weighted by atomic mass is 16.5. The molecule has 0 saturated heterocycles. The molecule has 96 valence electrons. The van der Waals surface area contributed by atoms with E-state index in [-0.39, 0.29) is 13.5 Å². The van der Waals surface area contributed by atoms with Crippen LogP contribution in [0.1, 0.15) is 0 Å². The first-order valence-electron chi connectivity index (χ1n) is 4.61. The van der Waals surface area contributed by atoms with Crippen LogP contribution in [0, 0.1) is 0 Å². The lowest BCUT2D eigenvalue weighted by Gasteiger charge is -2.11. The van der Waals surface area contributed by atoms with E-state index in [1.165, 1.54) is 14.2 Å². The van der Waals surface area contributed by atoms with Gasteiger partial charge in [-0.1, -0.05) is 0 Å². The Morgan fingerprint density at radius 3 is 1.53 bits per heavy atom. The number of hydrogen-bond donors (Lipinski definition) is 1. The topological polar surface area (TPSA) is 105 Å². The molecule has 1 aromatic rings. The van der Waals surface area contributed by atoms with Gasteiger partial charge in [-0.25, -0.2) is 28.1 Å². The van der Waals surface area contributed by atoms with Crippen molar-refractivity contribution < 1.29 is 14.6 Å². The fourth-order valence-electron chi connectivity index (χ4n) is 1.28. The Balaban J connectivity index is 3.64. The quantitative estimate of drug-likeness (QED) is 0.608. The minimum atomic E-state index is -0.934. The second-order valence-corrected chi connectivity index (χ2v) is 3.11. The van der Waals surface area contributed by atoms with Gasteiger partial charge in [0.1, 0.15) is 20.2 Å². The minimum Gasteiger partial charge on any atom is -0.376 e. The molecule has 0 aromatic carbocycles. The van der Waals surface area contributed by atoms with E-state index < -0.39 is 23.8 Å². The predicted octanol–water partition coefficient (Wildman–Crippen LogP) is -2.67. The van der Waals surface area contributed by atoms with Gasteiger partial charge in [0.25, 0.3) is 0 Å². The van der Waals surface area contributed by atoms with Crippen molar-refractivity contribution in [1.29, 1.82) is 0 Å². The monoisotopic (exact) mass is 247 g/mol. The SMILES string of the molecule is COCn1c(=O)n(CO)c(=O)n(COC)c1=O. The Morgan fingerprint density at radius 2 is 1.24 bits per heavy atom. The number of aliphatic hydroxyl groups excluding tert-OH is 1. The number of methoxy groups -OCH3 is 2. The summed E-state index contributed by atoms with van der Waals surface area (Å²) in [5, 5.41) is 8.93. The summed E-state index contributed by atoms with van der Waals surface area (Å²) in [5.41, 5.74) is -2.72. The minimum absolute atomic E-state index is 0.318. The van der Waals surface area contributed by atoms with Crippen LogP contribution in [0.25, 0.3) is 0 Å². The number of rotatable bonds is 5. The number of ether oxygens (including phenoxy) is 2. The van der Waals surface area contributed by atoms with Crippen LogP contribution in [0.15, 0.2) is 14.4 Å². The Labute approximate surface area is 95.1 Å². The van der Waals surface area contributed by atoms with Gasteiger partial charge in [-0.15, -0.1) is 0 Å². The van der Waals surface area contributed by atoms with Crippen molar-refractivity contribution in [3.63, 3.8) is 0 Å². The third kappa shape index (κ3) is 2.35. The van der Waals surface area contributed by atoms with Gasteiger partial charge < -0.3 is 14.6 Å². The molecule has 1 N–H and O–H groups in total. The van der Waals surface area contributed by atoms with E-state index in [2.05, 4.69) is 9.47 Å². The lowest BCUT2D eigenvalue weighted by atomic mass is 10.8. The van der Waals surface area contributed by atoms with Crippen LogP contribution >= 0.6 is 0 Å². The van der Waals surface area contributed by atoms with Gasteiger partial charge >= 0.3 is 17.1 Å². The van der Waals surface area contributed by atoms with E-state index in [1.54, 1.807) is 0 Å². The number of aromatic nitrogens is 3. The van der Waals surface area contributed by atoms with Crippen molar-refractivity contribution in [2.24, 2.45) is 0 Å². The van der Waals surface area contributed by atoms with E-state index in [1.807, 2.05) is 0 Å². The van der Waals surface area contributed by atoms with E-state index in [0.29, 0.717) is 13.7 Å². The van der Waals surface area contributed by atoms with Crippen molar-refractivity contribution in [2.75, 3.05) is 14.2 Å². The fraction of sp³-hybridized carbons (Fsp3) is 0.625. The zero-order valence-corrected chi connectivity index (χ0v) is 9.45. The highest BCUT2D eigenvalue weighted by Gasteiger charge is 2.14. The molecule has 0 saturated carbocycles. The third-order valence-corrected chi connectivity index (χ3v) is 2.04. The van der Waals surface area contributed by atoms with E-state index in [9.17, 15) is 14.4 Å². The molecule has 0 atom stereocenters. The van der Waals surface area contributed by atoms with Gasteiger partial charge in [0.05, 0.1) is 0 Å². The van der Waals surface area contributed by atoms with Gasteiger partial charge in [0, 0.05) is 14.2 Å². The zero-order valence-electron chi connectivity index (χ0n) is 9.45. The summed E-state index contributed by atoms with van der Waals surface area (Å²) in [6, 6.07) is 0. The van der Waals surface area contributed by atoms with Crippen LogP contribution in [0.5, 0.6) is 0 Å². The maximum Gasteiger partial charge on any atom is 0.340 e. The first-order chi connectivity index (χ1) is 8.08. The summed E-state index contributed by atoms with van der Waals surface area (Å²) in [6.45, 7) is -1.46. The van der Waals surface area contributed by atoms with Crippen LogP contribution < -0.4 is 17.1 Å². The average Bonchev–Trinajstić information content (AvgIpc) is 2.31. The first kappa shape index (κ1) is 13.4. The third-order valence-electron chi connectivity index (χ3n) is 2.04. The molecule has 0 aliphatic rings. The van der Waals surface area contributed by atoms with Crippen LogP contribution in [-0.4, -0.2) is 33.0 Å². The van der Waals surface area contributed by atoms with Crippen LogP contribution in [-0.2, 0) is 29.7 Å². The maximum atomic E-state index is 11.7. The van der Waals surface area contributed by atoms with Crippen LogP contribution in [0.4, 0.5) is 0 Å². The molecule has 17 heavy (non-hydrogen) atoms. The Hall–Kier alpha value is -1.71. The smallest absolute Gasteiger partial charge is 0.340 e. The average molecular weight is 247 g/mol. The van der Waals surface area contributed by atoms with Gasteiger partial charge in [-0.05, 0) is 0 Å². The van der Waals surface area contributed by atoms with Crippen molar-refractivity contribution in [3.8, 4) is 0 Å². The summed E-state index contributed by atoms with van der Waals surface area (Å²) >= 11 is 0. The molecule has 1 heterocycles. The second kappa shape index (κ2) is 5.57. The van der Waals surface area contributed by atoms with Gasteiger partial charge in [0.2, 0.25) is 0 Å².